The number of nitrogens with one attached hydrogen (secondary N) is 1. The maximum Gasteiger partial charge on any atom is 0.263 e. The Morgan fingerprint density at radius 1 is 1.16 bits per heavy atom. The molecule has 3 heterocycles. The Labute approximate surface area is 157 Å². The highest BCUT2D eigenvalue weighted by Gasteiger charge is 2.16. The van der Waals surface area contributed by atoms with Gasteiger partial charge in [0.1, 0.15) is 9.88 Å². The zero-order chi connectivity index (χ0) is 17.2. The van der Waals surface area contributed by atoms with Gasteiger partial charge in [-0.05, 0) is 30.5 Å². The SMILES string of the molecule is Cc1nc(-c2ccsc2)sc1C(=O)NCCc1nc2ccccc2s1. The molecule has 0 saturated carbocycles. The van der Waals surface area contributed by atoms with Gasteiger partial charge in [-0.3, -0.25) is 4.79 Å². The van der Waals surface area contributed by atoms with Crippen molar-refractivity contribution in [3.05, 3.63) is 56.7 Å². The fraction of sp³-hybridized carbons (Fsp3) is 0.167. The Kier molecular flexibility index (Phi) is 4.61. The van der Waals surface area contributed by atoms with Crippen molar-refractivity contribution in [1.82, 2.24) is 15.3 Å². The Hall–Kier alpha value is -2.09. The maximum absolute atomic E-state index is 12.5. The molecule has 4 nitrogen and oxygen atoms in total. The Morgan fingerprint density at radius 3 is 2.84 bits per heavy atom. The highest BCUT2D eigenvalue weighted by atomic mass is 32.1. The van der Waals surface area contributed by atoms with Crippen LogP contribution in [0.4, 0.5) is 0 Å². The molecule has 3 aromatic heterocycles. The molecule has 0 spiro atoms. The van der Waals surface area contributed by atoms with Crippen LogP contribution in [-0.4, -0.2) is 22.4 Å². The summed E-state index contributed by atoms with van der Waals surface area (Å²) in [5, 5.41) is 9.00. The van der Waals surface area contributed by atoms with Gasteiger partial charge in [0, 0.05) is 23.9 Å². The van der Waals surface area contributed by atoms with E-state index < -0.39 is 0 Å². The summed E-state index contributed by atoms with van der Waals surface area (Å²) in [5.74, 6) is -0.0578. The van der Waals surface area contributed by atoms with E-state index >= 15 is 0 Å². The number of nitrogens with zero attached hydrogens (tertiary/aromatic N) is 2. The predicted molar refractivity (Wildman–Crippen MR) is 106 cm³/mol. The average Bonchev–Trinajstić information content (AvgIpc) is 3.33. The lowest BCUT2D eigenvalue weighted by Crippen LogP contribution is -2.25. The van der Waals surface area contributed by atoms with Gasteiger partial charge in [0.25, 0.3) is 5.91 Å². The molecule has 1 amide bonds. The monoisotopic (exact) mass is 385 g/mol. The minimum absolute atomic E-state index is 0.0578. The van der Waals surface area contributed by atoms with Crippen LogP contribution >= 0.6 is 34.0 Å². The summed E-state index contributed by atoms with van der Waals surface area (Å²) >= 11 is 4.76. The summed E-state index contributed by atoms with van der Waals surface area (Å²) in [6.07, 6.45) is 0.736. The van der Waals surface area contributed by atoms with Crippen LogP contribution < -0.4 is 5.32 Å². The summed E-state index contributed by atoms with van der Waals surface area (Å²) < 4.78 is 1.18. The van der Waals surface area contributed by atoms with E-state index in [-0.39, 0.29) is 5.91 Å². The number of amides is 1. The highest BCUT2D eigenvalue weighted by molar-refractivity contribution is 7.18. The molecule has 25 heavy (non-hydrogen) atoms. The summed E-state index contributed by atoms with van der Waals surface area (Å²) in [6, 6.07) is 10.1. The van der Waals surface area contributed by atoms with Gasteiger partial charge in [-0.2, -0.15) is 11.3 Å². The van der Waals surface area contributed by atoms with Crippen molar-refractivity contribution in [3.63, 3.8) is 0 Å². The molecule has 1 aromatic carbocycles. The lowest BCUT2D eigenvalue weighted by atomic mass is 10.3. The third-order valence-electron chi connectivity index (χ3n) is 3.73. The minimum Gasteiger partial charge on any atom is -0.351 e. The smallest absolute Gasteiger partial charge is 0.263 e. The number of benzene rings is 1. The maximum atomic E-state index is 12.5. The first-order chi connectivity index (χ1) is 12.2. The van der Waals surface area contributed by atoms with Crippen LogP contribution in [0.1, 0.15) is 20.4 Å². The molecule has 0 aliphatic carbocycles. The fourth-order valence-corrected chi connectivity index (χ4v) is 5.17. The number of hydrogen-bond donors (Lipinski definition) is 1. The van der Waals surface area contributed by atoms with E-state index in [0.717, 1.165) is 33.2 Å². The molecule has 0 bridgehead atoms. The molecular formula is C18H15N3OS3. The van der Waals surface area contributed by atoms with Crippen molar-refractivity contribution in [1.29, 1.82) is 0 Å². The van der Waals surface area contributed by atoms with Crippen molar-refractivity contribution in [3.8, 4) is 10.6 Å². The van der Waals surface area contributed by atoms with E-state index in [1.807, 2.05) is 41.9 Å². The van der Waals surface area contributed by atoms with Gasteiger partial charge in [0.15, 0.2) is 0 Å². The van der Waals surface area contributed by atoms with Crippen molar-refractivity contribution in [2.24, 2.45) is 0 Å². The first-order valence-electron chi connectivity index (χ1n) is 7.83. The molecule has 1 N–H and O–H groups in total. The van der Waals surface area contributed by atoms with Crippen molar-refractivity contribution < 1.29 is 4.79 Å². The summed E-state index contributed by atoms with van der Waals surface area (Å²) in [5.41, 5.74) is 2.88. The number of rotatable bonds is 5. The minimum atomic E-state index is -0.0578. The van der Waals surface area contributed by atoms with Crippen molar-refractivity contribution >= 4 is 50.1 Å². The highest BCUT2D eigenvalue weighted by Crippen LogP contribution is 2.29. The van der Waals surface area contributed by atoms with Gasteiger partial charge in [-0.1, -0.05) is 12.1 Å². The quantitative estimate of drug-likeness (QED) is 0.539. The number of hydrogen-bond acceptors (Lipinski definition) is 6. The normalized spacial score (nSPS) is 11.1. The van der Waals surface area contributed by atoms with Gasteiger partial charge in [0.05, 0.1) is 20.9 Å². The Morgan fingerprint density at radius 2 is 2.04 bits per heavy atom. The summed E-state index contributed by atoms with van der Waals surface area (Å²) in [7, 11) is 0. The first kappa shape index (κ1) is 16.4. The van der Waals surface area contributed by atoms with E-state index in [4.69, 9.17) is 0 Å². The summed E-state index contributed by atoms with van der Waals surface area (Å²) in [4.78, 5) is 22.3. The van der Waals surface area contributed by atoms with Gasteiger partial charge in [-0.25, -0.2) is 9.97 Å². The zero-order valence-corrected chi connectivity index (χ0v) is 15.9. The molecule has 0 fully saturated rings. The number of thiazole rings is 2. The molecule has 0 atom stereocenters. The molecular weight excluding hydrogens is 370 g/mol. The number of aromatic nitrogens is 2. The number of carbonyl (C=O) groups is 1. The molecule has 0 aliphatic heterocycles. The van der Waals surface area contributed by atoms with Crippen molar-refractivity contribution in [2.45, 2.75) is 13.3 Å². The molecule has 4 rings (SSSR count). The molecule has 0 aliphatic rings. The van der Waals surface area contributed by atoms with Gasteiger partial charge >= 0.3 is 0 Å². The van der Waals surface area contributed by atoms with E-state index in [1.165, 1.54) is 16.0 Å². The molecule has 4 aromatic rings. The summed E-state index contributed by atoms with van der Waals surface area (Å²) in [6.45, 7) is 2.46. The molecule has 7 heteroatoms. The van der Waals surface area contributed by atoms with Crippen LogP contribution in [0.2, 0.25) is 0 Å². The van der Waals surface area contributed by atoms with Crippen molar-refractivity contribution in [2.75, 3.05) is 6.54 Å². The van der Waals surface area contributed by atoms with E-state index in [0.29, 0.717) is 11.4 Å². The number of fused-ring (bicyclic) bond motifs is 1. The molecule has 0 radical (unpaired) electrons. The largest absolute Gasteiger partial charge is 0.351 e. The number of carbonyl (C=O) groups excluding carboxylic acids is 1. The molecule has 0 unspecified atom stereocenters. The Bertz CT molecular complexity index is 984. The molecule has 0 saturated heterocycles. The standard InChI is InChI=1S/C18H15N3OS3/c1-11-16(25-18(20-11)12-7-9-23-10-12)17(22)19-8-6-15-21-13-4-2-3-5-14(13)24-15/h2-5,7,9-10H,6,8H2,1H3,(H,19,22). The second-order valence-corrected chi connectivity index (χ2v) is 8.42. The van der Waals surface area contributed by atoms with Gasteiger partial charge < -0.3 is 5.32 Å². The lowest BCUT2D eigenvalue weighted by molar-refractivity contribution is 0.0957. The first-order valence-corrected chi connectivity index (χ1v) is 10.4. The third kappa shape index (κ3) is 3.49. The fourth-order valence-electron chi connectivity index (χ4n) is 2.51. The number of thiophene rings is 1. The average molecular weight is 386 g/mol. The predicted octanol–water partition coefficient (Wildman–Crippen LogP) is 4.76. The topological polar surface area (TPSA) is 54.9 Å². The number of para-hydroxylation sites is 1. The van der Waals surface area contributed by atoms with Crippen LogP contribution in [-0.2, 0) is 6.42 Å². The van der Waals surface area contributed by atoms with Crippen LogP contribution in [0, 0.1) is 6.92 Å². The third-order valence-corrected chi connectivity index (χ3v) is 6.72. The van der Waals surface area contributed by atoms with E-state index in [1.54, 1.807) is 22.7 Å². The second-order valence-electron chi connectivity index (χ2n) is 5.53. The second kappa shape index (κ2) is 7.03. The van der Waals surface area contributed by atoms with Crippen LogP contribution in [0.15, 0.2) is 41.1 Å². The van der Waals surface area contributed by atoms with E-state index in [9.17, 15) is 4.79 Å². The number of aryl methyl sites for hydroxylation is 1. The molecule has 126 valence electrons. The van der Waals surface area contributed by atoms with Crippen LogP contribution in [0.25, 0.3) is 20.8 Å². The van der Waals surface area contributed by atoms with Crippen LogP contribution in [0.3, 0.4) is 0 Å². The zero-order valence-electron chi connectivity index (χ0n) is 13.5. The lowest BCUT2D eigenvalue weighted by Gasteiger charge is -2.02. The van der Waals surface area contributed by atoms with Gasteiger partial charge in [-0.15, -0.1) is 22.7 Å². The van der Waals surface area contributed by atoms with Crippen LogP contribution in [0.5, 0.6) is 0 Å². The van der Waals surface area contributed by atoms with E-state index in [2.05, 4.69) is 21.4 Å². The van der Waals surface area contributed by atoms with Gasteiger partial charge in [0.2, 0.25) is 0 Å². The Balaban J connectivity index is 1.40.